The Morgan fingerprint density at radius 1 is 1.43 bits per heavy atom. The first-order valence-electron chi connectivity index (χ1n) is 9.05. The quantitative estimate of drug-likeness (QED) is 0.440. The molecular weight excluding hydrogens is 364 g/mol. The fourth-order valence-electron chi connectivity index (χ4n) is 3.84. The van der Waals surface area contributed by atoms with E-state index in [1.165, 1.54) is 19.1 Å². The summed E-state index contributed by atoms with van der Waals surface area (Å²) in [5.41, 5.74) is -0.403. The lowest BCUT2D eigenvalue weighted by molar-refractivity contribution is -0.158. The number of aromatic hydroxyl groups is 1. The van der Waals surface area contributed by atoms with Gasteiger partial charge in [0.1, 0.15) is 6.61 Å². The molecule has 1 aliphatic carbocycles. The van der Waals surface area contributed by atoms with Gasteiger partial charge in [-0.3, -0.25) is 14.7 Å². The van der Waals surface area contributed by atoms with Gasteiger partial charge in [0.2, 0.25) is 0 Å². The SMILES string of the molecule is C=CCOC(=O)[C@@H]1[C@@H](c2ccc(O)c(OCC)c2)c2c([nH][nH]c2=O)C[C@]1(C)O. The van der Waals surface area contributed by atoms with Crippen LogP contribution in [0.25, 0.3) is 0 Å². The molecule has 3 atom stereocenters. The van der Waals surface area contributed by atoms with Crippen LogP contribution in [0.15, 0.2) is 35.6 Å². The average molecular weight is 388 g/mol. The number of esters is 1. The number of nitrogens with one attached hydrogen (secondary N) is 2. The van der Waals surface area contributed by atoms with E-state index in [0.717, 1.165) is 0 Å². The molecule has 0 amide bonds. The van der Waals surface area contributed by atoms with Gasteiger partial charge in [0.15, 0.2) is 11.5 Å². The lowest BCUT2D eigenvalue weighted by atomic mass is 9.66. The molecule has 150 valence electrons. The van der Waals surface area contributed by atoms with E-state index in [-0.39, 0.29) is 30.1 Å². The largest absolute Gasteiger partial charge is 0.504 e. The predicted octanol–water partition coefficient (Wildman–Crippen LogP) is 1.59. The number of hydrogen-bond donors (Lipinski definition) is 4. The van der Waals surface area contributed by atoms with Crippen molar-refractivity contribution in [3.05, 3.63) is 58.0 Å². The normalized spacial score (nSPS) is 23.7. The molecule has 0 aliphatic heterocycles. The van der Waals surface area contributed by atoms with Crippen molar-refractivity contribution in [2.75, 3.05) is 13.2 Å². The van der Waals surface area contributed by atoms with E-state index in [0.29, 0.717) is 23.4 Å². The summed E-state index contributed by atoms with van der Waals surface area (Å²) in [6.07, 6.45) is 1.52. The van der Waals surface area contributed by atoms with Crippen molar-refractivity contribution in [2.24, 2.45) is 5.92 Å². The van der Waals surface area contributed by atoms with Crippen LogP contribution in [-0.2, 0) is 16.0 Å². The Labute approximate surface area is 161 Å². The van der Waals surface area contributed by atoms with Crippen molar-refractivity contribution in [1.29, 1.82) is 0 Å². The highest BCUT2D eigenvalue weighted by Gasteiger charge is 2.51. The zero-order valence-electron chi connectivity index (χ0n) is 15.8. The van der Waals surface area contributed by atoms with Gasteiger partial charge < -0.3 is 24.8 Å². The Balaban J connectivity index is 2.18. The second-order valence-electron chi connectivity index (χ2n) is 7.04. The third kappa shape index (κ3) is 3.43. The van der Waals surface area contributed by atoms with Gasteiger partial charge in [-0.2, -0.15) is 0 Å². The number of fused-ring (bicyclic) bond motifs is 1. The van der Waals surface area contributed by atoms with Crippen molar-refractivity contribution in [3.8, 4) is 11.5 Å². The number of rotatable bonds is 6. The second-order valence-corrected chi connectivity index (χ2v) is 7.04. The van der Waals surface area contributed by atoms with Crippen molar-refractivity contribution in [1.82, 2.24) is 10.2 Å². The molecule has 1 heterocycles. The van der Waals surface area contributed by atoms with Crippen LogP contribution in [0, 0.1) is 5.92 Å². The van der Waals surface area contributed by atoms with Crippen LogP contribution in [-0.4, -0.2) is 45.2 Å². The highest BCUT2D eigenvalue weighted by molar-refractivity contribution is 5.77. The minimum atomic E-state index is -1.47. The zero-order chi connectivity index (χ0) is 20.5. The summed E-state index contributed by atoms with van der Waals surface area (Å²) in [7, 11) is 0. The third-order valence-electron chi connectivity index (χ3n) is 4.99. The lowest BCUT2D eigenvalue weighted by Gasteiger charge is -2.40. The van der Waals surface area contributed by atoms with Gasteiger partial charge in [-0.25, -0.2) is 0 Å². The molecule has 0 saturated heterocycles. The maximum absolute atomic E-state index is 12.8. The summed E-state index contributed by atoms with van der Waals surface area (Å²) in [4.78, 5) is 25.3. The number of phenolic OH excluding ortho intramolecular Hbond substituents is 1. The van der Waals surface area contributed by atoms with Crippen molar-refractivity contribution in [3.63, 3.8) is 0 Å². The van der Waals surface area contributed by atoms with E-state index < -0.39 is 23.4 Å². The summed E-state index contributed by atoms with van der Waals surface area (Å²) < 4.78 is 10.7. The molecule has 0 unspecified atom stereocenters. The van der Waals surface area contributed by atoms with E-state index in [1.807, 2.05) is 0 Å². The number of phenols is 1. The minimum absolute atomic E-state index is 0.00570. The molecule has 1 aliphatic rings. The number of carbonyl (C=O) groups is 1. The maximum Gasteiger partial charge on any atom is 0.313 e. The van der Waals surface area contributed by atoms with Crippen LogP contribution in [0.4, 0.5) is 0 Å². The molecule has 0 saturated carbocycles. The smallest absolute Gasteiger partial charge is 0.313 e. The molecule has 0 bridgehead atoms. The van der Waals surface area contributed by atoms with Crippen molar-refractivity contribution >= 4 is 5.97 Å². The predicted molar refractivity (Wildman–Crippen MR) is 102 cm³/mol. The molecule has 8 heteroatoms. The van der Waals surface area contributed by atoms with Gasteiger partial charge in [0, 0.05) is 23.6 Å². The number of hydrogen-bond acceptors (Lipinski definition) is 6. The topological polar surface area (TPSA) is 125 Å². The van der Waals surface area contributed by atoms with Crippen LogP contribution in [0.5, 0.6) is 11.5 Å². The Bertz CT molecular complexity index is 942. The van der Waals surface area contributed by atoms with Gasteiger partial charge in [0.05, 0.1) is 18.1 Å². The summed E-state index contributed by atoms with van der Waals surface area (Å²) in [6.45, 7) is 7.18. The molecule has 0 radical (unpaired) electrons. The van der Waals surface area contributed by atoms with E-state index in [9.17, 15) is 19.8 Å². The first kappa shape index (κ1) is 19.8. The Kier molecular flexibility index (Phi) is 5.33. The number of carbonyl (C=O) groups excluding carboxylic acids is 1. The number of ether oxygens (including phenoxy) is 2. The average Bonchev–Trinajstić information content (AvgIpc) is 2.99. The highest BCUT2D eigenvalue weighted by atomic mass is 16.5. The molecule has 2 aromatic rings. The summed E-state index contributed by atoms with van der Waals surface area (Å²) >= 11 is 0. The molecule has 3 rings (SSSR count). The number of aromatic amines is 2. The first-order chi connectivity index (χ1) is 13.3. The zero-order valence-corrected chi connectivity index (χ0v) is 15.8. The Morgan fingerprint density at radius 3 is 2.86 bits per heavy atom. The van der Waals surface area contributed by atoms with E-state index >= 15 is 0 Å². The highest BCUT2D eigenvalue weighted by Crippen LogP contribution is 2.45. The van der Waals surface area contributed by atoms with Crippen LogP contribution in [0.3, 0.4) is 0 Å². The molecule has 1 aromatic carbocycles. The van der Waals surface area contributed by atoms with E-state index in [1.54, 1.807) is 19.1 Å². The first-order valence-corrected chi connectivity index (χ1v) is 9.05. The van der Waals surface area contributed by atoms with Crippen LogP contribution in [0.2, 0.25) is 0 Å². The fraction of sp³-hybridized carbons (Fsp3) is 0.400. The van der Waals surface area contributed by atoms with E-state index in [2.05, 4.69) is 16.8 Å². The van der Waals surface area contributed by atoms with Crippen LogP contribution < -0.4 is 10.3 Å². The van der Waals surface area contributed by atoms with Gasteiger partial charge in [0.25, 0.3) is 5.56 Å². The fourth-order valence-corrected chi connectivity index (χ4v) is 3.84. The second kappa shape index (κ2) is 7.55. The third-order valence-corrected chi connectivity index (χ3v) is 4.99. The Hall–Kier alpha value is -3.00. The number of aliphatic hydroxyl groups is 1. The maximum atomic E-state index is 12.8. The lowest BCUT2D eigenvalue weighted by Crippen LogP contribution is -2.50. The van der Waals surface area contributed by atoms with E-state index in [4.69, 9.17) is 9.47 Å². The van der Waals surface area contributed by atoms with Crippen molar-refractivity contribution in [2.45, 2.75) is 31.8 Å². The van der Waals surface area contributed by atoms with Crippen LogP contribution >= 0.6 is 0 Å². The minimum Gasteiger partial charge on any atom is -0.504 e. The molecule has 8 nitrogen and oxygen atoms in total. The van der Waals surface area contributed by atoms with Gasteiger partial charge in [-0.05, 0) is 31.5 Å². The summed E-state index contributed by atoms with van der Waals surface area (Å²) in [5, 5.41) is 26.4. The number of aromatic nitrogens is 2. The molecule has 0 spiro atoms. The molecule has 0 fully saturated rings. The number of H-pyrrole nitrogens is 2. The molecule has 1 aromatic heterocycles. The number of benzene rings is 1. The van der Waals surface area contributed by atoms with Gasteiger partial charge in [-0.15, -0.1) is 0 Å². The van der Waals surface area contributed by atoms with Crippen LogP contribution in [0.1, 0.15) is 36.6 Å². The molecular formula is C20H24N2O6. The Morgan fingerprint density at radius 2 is 2.18 bits per heavy atom. The van der Waals surface area contributed by atoms with Crippen molar-refractivity contribution < 1.29 is 24.5 Å². The van der Waals surface area contributed by atoms with Gasteiger partial charge >= 0.3 is 5.97 Å². The molecule has 4 N–H and O–H groups in total. The van der Waals surface area contributed by atoms with Gasteiger partial charge in [-0.1, -0.05) is 18.7 Å². The monoisotopic (exact) mass is 388 g/mol. The molecule has 28 heavy (non-hydrogen) atoms. The summed E-state index contributed by atoms with van der Waals surface area (Å²) in [5.74, 6) is -2.27. The summed E-state index contributed by atoms with van der Waals surface area (Å²) in [6, 6.07) is 4.62. The standard InChI is InChI=1S/C20H24N2O6/c1-4-8-28-19(25)17-15(11-6-7-13(23)14(9-11)27-5-2)16-12(10-20(17,3)26)21-22-18(16)24/h4,6-7,9,15,17,23,26H,1,5,8,10H2,2-3H3,(H2,21,22,24)/t15-,17-,20-/m0/s1.